The molecule has 1 unspecified atom stereocenters. The second kappa shape index (κ2) is 5.25. The average molecular weight is 336 g/mol. The Balaban J connectivity index is 1.72. The van der Waals surface area contributed by atoms with Crippen molar-refractivity contribution in [2.75, 3.05) is 5.32 Å². The Morgan fingerprint density at radius 3 is 2.85 bits per heavy atom. The Bertz CT molecular complexity index is 650. The summed E-state index contributed by atoms with van der Waals surface area (Å²) in [6.45, 7) is 0. The van der Waals surface area contributed by atoms with Crippen LogP contribution in [0.5, 0.6) is 5.75 Å². The molecule has 1 aliphatic heterocycles. The molecule has 0 saturated heterocycles. The fourth-order valence-electron chi connectivity index (χ4n) is 2.13. The van der Waals surface area contributed by atoms with Crippen LogP contribution < -0.4 is 10.1 Å². The molecule has 0 aromatic heterocycles. The van der Waals surface area contributed by atoms with E-state index in [2.05, 4.69) is 21.2 Å². The van der Waals surface area contributed by atoms with Crippen molar-refractivity contribution in [2.24, 2.45) is 0 Å². The summed E-state index contributed by atoms with van der Waals surface area (Å²) in [5, 5.41) is 2.74. The Morgan fingerprint density at radius 1 is 1.30 bits per heavy atom. The molecule has 1 N–H and O–H groups in total. The fourth-order valence-corrected chi connectivity index (χ4v) is 2.58. The molecule has 0 radical (unpaired) electrons. The van der Waals surface area contributed by atoms with Crippen LogP contribution in [0.25, 0.3) is 0 Å². The zero-order valence-electron chi connectivity index (χ0n) is 10.4. The monoisotopic (exact) mass is 335 g/mol. The van der Waals surface area contributed by atoms with Crippen LogP contribution in [0.1, 0.15) is 5.56 Å². The summed E-state index contributed by atoms with van der Waals surface area (Å²) in [6, 6.07) is 11.7. The van der Waals surface area contributed by atoms with E-state index in [0.29, 0.717) is 16.6 Å². The predicted molar refractivity (Wildman–Crippen MR) is 77.3 cm³/mol. The summed E-state index contributed by atoms with van der Waals surface area (Å²) in [5.41, 5.74) is 1.54. The molecule has 1 heterocycles. The van der Waals surface area contributed by atoms with Crippen LogP contribution in [0.3, 0.4) is 0 Å². The maximum absolute atomic E-state index is 13.0. The zero-order valence-corrected chi connectivity index (χ0v) is 12.0. The number of rotatable bonds is 2. The average Bonchev–Trinajstić information content (AvgIpc) is 2.86. The third-order valence-corrected chi connectivity index (χ3v) is 3.78. The highest BCUT2D eigenvalue weighted by molar-refractivity contribution is 9.10. The van der Waals surface area contributed by atoms with Gasteiger partial charge in [0, 0.05) is 10.9 Å². The molecule has 3 rings (SSSR count). The minimum Gasteiger partial charge on any atom is -0.480 e. The normalized spacial score (nSPS) is 16.4. The first-order valence-corrected chi connectivity index (χ1v) is 6.93. The zero-order chi connectivity index (χ0) is 14.1. The number of nitrogens with one attached hydrogen (secondary N) is 1. The minimum absolute atomic E-state index is 0.242. The van der Waals surface area contributed by atoms with Gasteiger partial charge in [0.25, 0.3) is 5.91 Å². The first-order chi connectivity index (χ1) is 9.63. The van der Waals surface area contributed by atoms with Gasteiger partial charge in [0.05, 0.1) is 5.69 Å². The Hall–Kier alpha value is -1.88. The van der Waals surface area contributed by atoms with E-state index in [-0.39, 0.29) is 11.7 Å². The molecule has 0 aliphatic carbocycles. The van der Waals surface area contributed by atoms with Gasteiger partial charge in [-0.05, 0) is 45.8 Å². The maximum atomic E-state index is 13.0. The number of carbonyl (C=O) groups excluding carboxylic acids is 1. The van der Waals surface area contributed by atoms with E-state index in [1.54, 1.807) is 0 Å². The highest BCUT2D eigenvalue weighted by Crippen LogP contribution is 2.29. The van der Waals surface area contributed by atoms with Gasteiger partial charge in [0.15, 0.2) is 6.10 Å². The number of hydrogen-bond donors (Lipinski definition) is 1. The lowest BCUT2D eigenvalue weighted by molar-refractivity contribution is -0.122. The molecule has 2 aromatic rings. The fraction of sp³-hybridized carbons (Fsp3) is 0.133. The van der Waals surface area contributed by atoms with Crippen molar-refractivity contribution < 1.29 is 13.9 Å². The van der Waals surface area contributed by atoms with Crippen molar-refractivity contribution in [3.63, 3.8) is 0 Å². The molecule has 1 aliphatic rings. The van der Waals surface area contributed by atoms with Crippen LogP contribution in [-0.2, 0) is 11.2 Å². The summed E-state index contributed by atoms with van der Waals surface area (Å²) in [4.78, 5) is 12.2. The third kappa shape index (κ3) is 2.54. The lowest BCUT2D eigenvalue weighted by atomic mass is 10.1. The number of anilines is 1. The van der Waals surface area contributed by atoms with Gasteiger partial charge in [-0.1, -0.05) is 18.2 Å². The third-order valence-electron chi connectivity index (χ3n) is 3.13. The predicted octanol–water partition coefficient (Wildman–Crippen LogP) is 3.53. The van der Waals surface area contributed by atoms with E-state index >= 15 is 0 Å². The van der Waals surface area contributed by atoms with Crippen LogP contribution >= 0.6 is 15.9 Å². The number of fused-ring (bicyclic) bond motifs is 1. The van der Waals surface area contributed by atoms with Crippen LogP contribution in [0, 0.1) is 5.82 Å². The molecule has 3 nitrogen and oxygen atoms in total. The number of amides is 1. The number of hydrogen-bond acceptors (Lipinski definition) is 2. The van der Waals surface area contributed by atoms with Crippen molar-refractivity contribution >= 4 is 27.5 Å². The SMILES string of the molecule is O=C(Nc1ccc(F)cc1Br)C1Cc2ccccc2O1. The van der Waals surface area contributed by atoms with E-state index in [0.717, 1.165) is 11.3 Å². The summed E-state index contributed by atoms with van der Waals surface area (Å²) >= 11 is 3.22. The van der Waals surface area contributed by atoms with Gasteiger partial charge in [-0.3, -0.25) is 4.79 Å². The van der Waals surface area contributed by atoms with Gasteiger partial charge < -0.3 is 10.1 Å². The van der Waals surface area contributed by atoms with Gasteiger partial charge in [-0.25, -0.2) is 4.39 Å². The number of benzene rings is 2. The van der Waals surface area contributed by atoms with Gasteiger partial charge in [0.2, 0.25) is 0 Å². The molecule has 102 valence electrons. The summed E-state index contributed by atoms with van der Waals surface area (Å²) in [7, 11) is 0. The molecule has 0 spiro atoms. The van der Waals surface area contributed by atoms with Crippen LogP contribution in [0.2, 0.25) is 0 Å². The van der Waals surface area contributed by atoms with Gasteiger partial charge in [-0.15, -0.1) is 0 Å². The Labute approximate surface area is 123 Å². The summed E-state index contributed by atoms with van der Waals surface area (Å²) < 4.78 is 19.1. The van der Waals surface area contributed by atoms with E-state index in [1.165, 1.54) is 18.2 Å². The molecule has 0 fully saturated rings. The number of halogens is 2. The maximum Gasteiger partial charge on any atom is 0.265 e. The highest BCUT2D eigenvalue weighted by Gasteiger charge is 2.29. The lowest BCUT2D eigenvalue weighted by Gasteiger charge is -2.12. The van der Waals surface area contributed by atoms with E-state index < -0.39 is 6.10 Å². The number of ether oxygens (including phenoxy) is 1. The van der Waals surface area contributed by atoms with Crippen LogP contribution in [0.4, 0.5) is 10.1 Å². The van der Waals surface area contributed by atoms with Crippen LogP contribution in [-0.4, -0.2) is 12.0 Å². The molecular formula is C15H11BrFNO2. The minimum atomic E-state index is -0.552. The Morgan fingerprint density at radius 2 is 2.10 bits per heavy atom. The molecule has 5 heteroatoms. The van der Waals surface area contributed by atoms with E-state index in [1.807, 2.05) is 24.3 Å². The topological polar surface area (TPSA) is 38.3 Å². The van der Waals surface area contributed by atoms with Gasteiger partial charge in [0.1, 0.15) is 11.6 Å². The summed E-state index contributed by atoms with van der Waals surface area (Å²) in [5.74, 6) is 0.138. The van der Waals surface area contributed by atoms with Crippen molar-refractivity contribution in [2.45, 2.75) is 12.5 Å². The lowest BCUT2D eigenvalue weighted by Crippen LogP contribution is -2.31. The first kappa shape index (κ1) is 13.1. The van der Waals surface area contributed by atoms with Gasteiger partial charge in [-0.2, -0.15) is 0 Å². The molecule has 0 bridgehead atoms. The van der Waals surface area contributed by atoms with Crippen molar-refractivity contribution in [3.8, 4) is 5.75 Å². The van der Waals surface area contributed by atoms with Crippen LogP contribution in [0.15, 0.2) is 46.9 Å². The van der Waals surface area contributed by atoms with E-state index in [4.69, 9.17) is 4.74 Å². The first-order valence-electron chi connectivity index (χ1n) is 6.14. The van der Waals surface area contributed by atoms with Crippen molar-refractivity contribution in [1.82, 2.24) is 0 Å². The molecule has 1 amide bonds. The number of carbonyl (C=O) groups is 1. The largest absolute Gasteiger partial charge is 0.480 e. The smallest absolute Gasteiger partial charge is 0.265 e. The number of para-hydroxylation sites is 1. The molecule has 2 aromatic carbocycles. The Kier molecular flexibility index (Phi) is 3.44. The molecule has 1 atom stereocenters. The quantitative estimate of drug-likeness (QED) is 0.911. The van der Waals surface area contributed by atoms with Crippen molar-refractivity contribution in [3.05, 3.63) is 58.3 Å². The van der Waals surface area contributed by atoms with Gasteiger partial charge >= 0.3 is 0 Å². The van der Waals surface area contributed by atoms with Crippen molar-refractivity contribution in [1.29, 1.82) is 0 Å². The molecular weight excluding hydrogens is 325 g/mol. The summed E-state index contributed by atoms with van der Waals surface area (Å²) in [6.07, 6.45) is -0.00904. The molecule has 20 heavy (non-hydrogen) atoms. The standard InChI is InChI=1S/C15H11BrFNO2/c16-11-8-10(17)5-6-12(11)18-15(19)14-7-9-3-1-2-4-13(9)20-14/h1-6,8,14H,7H2,(H,18,19). The molecule has 0 saturated carbocycles. The van der Waals surface area contributed by atoms with E-state index in [9.17, 15) is 9.18 Å². The second-order valence-corrected chi connectivity index (χ2v) is 5.39. The highest BCUT2D eigenvalue weighted by atomic mass is 79.9. The second-order valence-electron chi connectivity index (χ2n) is 4.53.